The van der Waals surface area contributed by atoms with E-state index in [4.69, 9.17) is 5.73 Å². The van der Waals surface area contributed by atoms with Gasteiger partial charge in [-0.3, -0.25) is 19.2 Å². The molecule has 3 atom stereocenters. The number of nitrogens with one attached hydrogen (secondary N) is 4. The molecule has 0 aliphatic rings. The molecule has 0 fully saturated rings. The Morgan fingerprint density at radius 1 is 0.829 bits per heavy atom. The Labute approximate surface area is 236 Å². The van der Waals surface area contributed by atoms with E-state index >= 15 is 0 Å². The number of aromatic hydroxyl groups is 1. The summed E-state index contributed by atoms with van der Waals surface area (Å²) in [6.45, 7) is 2.54. The zero-order valence-corrected chi connectivity index (χ0v) is 22.9. The van der Waals surface area contributed by atoms with Crippen LogP contribution < -0.4 is 27.0 Å². The largest absolute Gasteiger partial charge is 0.508 e. The third kappa shape index (κ3) is 11.6. The summed E-state index contributed by atoms with van der Waals surface area (Å²) >= 11 is 0. The number of phenolic OH excluding ortho intramolecular Hbond substituents is 1. The molecule has 2 aromatic rings. The minimum atomic E-state index is -1.33. The first-order chi connectivity index (χ1) is 19.3. The molecule has 0 unspecified atom stereocenters. The monoisotopic (exact) mass is 573 g/mol. The smallest absolute Gasteiger partial charge is 0.326 e. The maximum Gasteiger partial charge on any atom is 0.326 e. The predicted octanol–water partition coefficient (Wildman–Crippen LogP) is -0.0235. The van der Waals surface area contributed by atoms with Crippen molar-refractivity contribution in [2.45, 2.75) is 51.2 Å². The van der Waals surface area contributed by atoms with Crippen molar-refractivity contribution in [2.75, 3.05) is 13.1 Å². The second-order valence-corrected chi connectivity index (χ2v) is 9.92. The van der Waals surface area contributed by atoms with Crippen LogP contribution in [0.5, 0.6) is 5.75 Å². The quantitative estimate of drug-likeness (QED) is 0.154. The molecule has 13 heteroatoms. The number of carboxylic acids is 1. The fraction of sp³-hybridized carbons (Fsp3) is 0.393. The van der Waals surface area contributed by atoms with E-state index in [-0.39, 0.29) is 36.5 Å². The number of phenols is 1. The van der Waals surface area contributed by atoms with E-state index in [9.17, 15) is 38.6 Å². The molecular weight excluding hydrogens is 537 g/mol. The van der Waals surface area contributed by atoms with Gasteiger partial charge in [-0.15, -0.1) is 0 Å². The number of halogens is 1. The van der Waals surface area contributed by atoms with Gasteiger partial charge >= 0.3 is 5.97 Å². The van der Waals surface area contributed by atoms with E-state index < -0.39 is 66.6 Å². The molecule has 0 spiro atoms. The number of nitrogens with two attached hydrogens (primary N) is 1. The molecule has 12 nitrogen and oxygen atoms in total. The third-order valence-electron chi connectivity index (χ3n) is 5.95. The number of amides is 4. The highest BCUT2D eigenvalue weighted by Crippen LogP contribution is 2.12. The van der Waals surface area contributed by atoms with Crippen LogP contribution in [0.2, 0.25) is 0 Å². The molecule has 0 aliphatic carbocycles. The van der Waals surface area contributed by atoms with Crippen LogP contribution in [-0.2, 0) is 36.8 Å². The van der Waals surface area contributed by atoms with Crippen LogP contribution in [-0.4, -0.2) is 71.0 Å². The van der Waals surface area contributed by atoms with Gasteiger partial charge in [-0.25, -0.2) is 9.18 Å². The van der Waals surface area contributed by atoms with E-state index in [2.05, 4.69) is 21.3 Å². The Morgan fingerprint density at radius 2 is 1.46 bits per heavy atom. The highest BCUT2D eigenvalue weighted by molar-refractivity contribution is 5.93. The second-order valence-electron chi connectivity index (χ2n) is 9.92. The highest BCUT2D eigenvalue weighted by Gasteiger charge is 2.28. The maximum absolute atomic E-state index is 14.3. The topological polar surface area (TPSA) is 200 Å². The van der Waals surface area contributed by atoms with E-state index in [1.54, 1.807) is 32.0 Å². The standard InChI is InChI=1S/C28H36FN5O7/c1-16(2)11-23(28(40)41)34-27(39)22(13-18-5-3-4-6-20(18)29)33-25(37)15-31-24(36)14-32-26(38)21(30)12-17-7-9-19(35)10-8-17/h3-10,16,21-23,35H,11-15,30H2,1-2H3,(H,31,36)(H,32,38)(H,33,37)(H,34,39)(H,40,41)/t21-,22-,23-/m0/s1. The molecule has 4 amide bonds. The molecule has 2 aromatic carbocycles. The van der Waals surface area contributed by atoms with Crippen molar-refractivity contribution in [2.24, 2.45) is 11.7 Å². The van der Waals surface area contributed by atoms with Crippen molar-refractivity contribution in [1.82, 2.24) is 21.3 Å². The number of hydrogen-bond acceptors (Lipinski definition) is 7. The van der Waals surface area contributed by atoms with Crippen LogP contribution in [0.4, 0.5) is 4.39 Å². The van der Waals surface area contributed by atoms with Crippen molar-refractivity contribution in [1.29, 1.82) is 0 Å². The first-order valence-corrected chi connectivity index (χ1v) is 13.0. The van der Waals surface area contributed by atoms with E-state index in [0.717, 1.165) is 0 Å². The lowest BCUT2D eigenvalue weighted by atomic mass is 10.0. The summed E-state index contributed by atoms with van der Waals surface area (Å²) in [4.78, 5) is 61.5. The van der Waals surface area contributed by atoms with Gasteiger partial charge in [0.05, 0.1) is 19.1 Å². The second kappa shape index (κ2) is 15.9. The van der Waals surface area contributed by atoms with Gasteiger partial charge in [0, 0.05) is 6.42 Å². The summed E-state index contributed by atoms with van der Waals surface area (Å²) in [7, 11) is 0. The van der Waals surface area contributed by atoms with Crippen LogP contribution in [0.15, 0.2) is 48.5 Å². The Bertz CT molecular complexity index is 1220. The number of rotatable bonds is 15. The van der Waals surface area contributed by atoms with Gasteiger partial charge in [-0.05, 0) is 48.1 Å². The molecule has 0 saturated heterocycles. The third-order valence-corrected chi connectivity index (χ3v) is 5.95. The number of benzene rings is 2. The lowest BCUT2D eigenvalue weighted by Crippen LogP contribution is -2.54. The van der Waals surface area contributed by atoms with E-state index in [0.29, 0.717) is 5.56 Å². The predicted molar refractivity (Wildman–Crippen MR) is 147 cm³/mol. The Morgan fingerprint density at radius 3 is 2.07 bits per heavy atom. The average molecular weight is 574 g/mol. The first-order valence-electron chi connectivity index (χ1n) is 13.0. The number of carboxylic acid groups (broad SMARTS) is 1. The van der Waals surface area contributed by atoms with Crippen LogP contribution in [0, 0.1) is 11.7 Å². The normalized spacial score (nSPS) is 13.0. The van der Waals surface area contributed by atoms with Gasteiger partial charge in [0.2, 0.25) is 23.6 Å². The van der Waals surface area contributed by atoms with E-state index in [1.807, 2.05) is 0 Å². The van der Waals surface area contributed by atoms with Gasteiger partial charge in [-0.1, -0.05) is 44.2 Å². The van der Waals surface area contributed by atoms with Crippen LogP contribution in [0.3, 0.4) is 0 Å². The summed E-state index contributed by atoms with van der Waals surface area (Å²) in [6.07, 6.45) is 0.0461. The minimum absolute atomic E-state index is 0.0472. The fourth-order valence-corrected chi connectivity index (χ4v) is 3.82. The van der Waals surface area contributed by atoms with Crippen molar-refractivity contribution in [3.8, 4) is 5.75 Å². The summed E-state index contributed by atoms with van der Waals surface area (Å²) in [5.74, 6) is -4.76. The fourth-order valence-electron chi connectivity index (χ4n) is 3.82. The number of hydrogen-bond donors (Lipinski definition) is 7. The SMILES string of the molecule is CC(C)C[C@H](NC(=O)[C@H](Cc1ccccc1F)NC(=O)CNC(=O)CNC(=O)[C@@H](N)Cc1ccc(O)cc1)C(=O)O. The van der Waals surface area contributed by atoms with Crippen LogP contribution >= 0.6 is 0 Å². The van der Waals surface area contributed by atoms with Gasteiger partial charge in [0.25, 0.3) is 0 Å². The van der Waals surface area contributed by atoms with Crippen molar-refractivity contribution < 1.29 is 38.6 Å². The summed E-state index contributed by atoms with van der Waals surface area (Å²) < 4.78 is 14.3. The Kier molecular flexibility index (Phi) is 12.7. The molecule has 0 radical (unpaired) electrons. The Hall–Kier alpha value is -4.52. The van der Waals surface area contributed by atoms with Gasteiger partial charge in [-0.2, -0.15) is 0 Å². The minimum Gasteiger partial charge on any atom is -0.508 e. The summed E-state index contributed by atoms with van der Waals surface area (Å²) in [6, 6.07) is 8.27. The highest BCUT2D eigenvalue weighted by atomic mass is 19.1. The molecular formula is C28H36FN5O7. The maximum atomic E-state index is 14.3. The van der Waals surface area contributed by atoms with Gasteiger partial charge in [0.15, 0.2) is 0 Å². The van der Waals surface area contributed by atoms with Gasteiger partial charge < -0.3 is 37.2 Å². The number of carbonyl (C=O) groups is 5. The van der Waals surface area contributed by atoms with Crippen molar-refractivity contribution in [3.05, 3.63) is 65.5 Å². The van der Waals surface area contributed by atoms with E-state index in [1.165, 1.54) is 30.3 Å². The molecule has 0 aliphatic heterocycles. The first kappa shape index (κ1) is 32.7. The molecule has 2 rings (SSSR count). The van der Waals surface area contributed by atoms with Gasteiger partial charge in [0.1, 0.15) is 23.7 Å². The molecule has 222 valence electrons. The molecule has 0 heterocycles. The molecule has 0 bridgehead atoms. The molecule has 0 aromatic heterocycles. The molecule has 41 heavy (non-hydrogen) atoms. The lowest BCUT2D eigenvalue weighted by molar-refractivity contribution is -0.142. The summed E-state index contributed by atoms with van der Waals surface area (Å²) in [5, 5.41) is 28.3. The summed E-state index contributed by atoms with van der Waals surface area (Å²) in [5.41, 5.74) is 6.69. The molecule has 0 saturated carbocycles. The number of aliphatic carboxylic acids is 1. The van der Waals surface area contributed by atoms with Crippen LogP contribution in [0.1, 0.15) is 31.4 Å². The zero-order valence-electron chi connectivity index (χ0n) is 22.9. The zero-order chi connectivity index (χ0) is 30.5. The number of carbonyl (C=O) groups excluding carboxylic acids is 4. The Balaban J connectivity index is 1.92. The average Bonchev–Trinajstić information content (AvgIpc) is 2.91. The van der Waals surface area contributed by atoms with Crippen LogP contribution in [0.25, 0.3) is 0 Å². The molecule has 8 N–H and O–H groups in total. The van der Waals surface area contributed by atoms with Crippen molar-refractivity contribution in [3.63, 3.8) is 0 Å². The lowest BCUT2D eigenvalue weighted by Gasteiger charge is -2.23. The van der Waals surface area contributed by atoms with Crippen molar-refractivity contribution >= 4 is 29.6 Å².